The standard InChI is InChI=1S/C7H11N3O4.C5H6N2O3.C4H8O/c1-12-3-4-14-7-8-5(9-10-7)6(11)13-2;1-10-5(9)3-2-4(8)7-6-3;1-2-4-5-3-1/h3-4H2,1-2H3,(H,8,9,10);2H2,1H3,(H,7,8);1-4H2. The van der Waals surface area contributed by atoms with Gasteiger partial charge in [-0.2, -0.15) is 10.1 Å². The summed E-state index contributed by atoms with van der Waals surface area (Å²) in [5.41, 5.74) is 2.26. The van der Waals surface area contributed by atoms with Crippen molar-refractivity contribution >= 4 is 23.6 Å². The van der Waals surface area contributed by atoms with Crippen molar-refractivity contribution < 1.29 is 38.1 Å². The van der Waals surface area contributed by atoms with E-state index in [4.69, 9.17) is 14.2 Å². The number of ether oxygens (including phenoxy) is 5. The number of H-pyrrole nitrogens is 1. The van der Waals surface area contributed by atoms with E-state index in [2.05, 4.69) is 35.2 Å². The van der Waals surface area contributed by atoms with Gasteiger partial charge in [0.15, 0.2) is 5.71 Å². The fourth-order valence-electron chi connectivity index (χ4n) is 1.82. The number of amides is 1. The molecule has 3 heterocycles. The van der Waals surface area contributed by atoms with Gasteiger partial charge in [-0.15, -0.1) is 5.10 Å². The van der Waals surface area contributed by atoms with Crippen LogP contribution < -0.4 is 10.2 Å². The molecule has 2 N–H and O–H groups in total. The summed E-state index contributed by atoms with van der Waals surface area (Å²) in [4.78, 5) is 35.7. The van der Waals surface area contributed by atoms with Gasteiger partial charge in [0.05, 0.1) is 27.2 Å². The Morgan fingerprint density at radius 1 is 1.07 bits per heavy atom. The number of hydrogen-bond donors (Lipinski definition) is 2. The molecule has 2 aliphatic rings. The lowest BCUT2D eigenvalue weighted by Crippen LogP contribution is -2.14. The molecule has 29 heavy (non-hydrogen) atoms. The second kappa shape index (κ2) is 14.0. The smallest absolute Gasteiger partial charge is 0.375 e. The number of hydrazone groups is 1. The second-order valence-electron chi connectivity index (χ2n) is 5.38. The van der Waals surface area contributed by atoms with Crippen LogP contribution in [0.25, 0.3) is 0 Å². The Morgan fingerprint density at radius 2 is 1.76 bits per heavy atom. The molecule has 0 unspecified atom stereocenters. The molecule has 1 saturated heterocycles. The van der Waals surface area contributed by atoms with Crippen LogP contribution in [0, 0.1) is 0 Å². The summed E-state index contributed by atoms with van der Waals surface area (Å²) in [6, 6.07) is 0.0995. The lowest BCUT2D eigenvalue weighted by Gasteiger charge is -1.98. The van der Waals surface area contributed by atoms with Crippen molar-refractivity contribution in [2.75, 3.05) is 47.8 Å². The first kappa shape index (κ1) is 24.0. The lowest BCUT2D eigenvalue weighted by molar-refractivity contribution is -0.133. The summed E-state index contributed by atoms with van der Waals surface area (Å²) in [6.07, 6.45) is 2.58. The third-order valence-corrected chi connectivity index (χ3v) is 3.25. The van der Waals surface area contributed by atoms with E-state index in [1.807, 2.05) is 0 Å². The molecule has 162 valence electrons. The number of esters is 2. The van der Waals surface area contributed by atoms with Gasteiger partial charge in [-0.25, -0.2) is 15.0 Å². The number of methoxy groups -OCH3 is 3. The molecule has 13 heteroatoms. The van der Waals surface area contributed by atoms with E-state index < -0.39 is 11.9 Å². The number of carbonyl (C=O) groups excluding carboxylic acids is 3. The second-order valence-corrected chi connectivity index (χ2v) is 5.38. The lowest BCUT2D eigenvalue weighted by atomic mass is 10.3. The highest BCUT2D eigenvalue weighted by Gasteiger charge is 2.21. The zero-order valence-electron chi connectivity index (χ0n) is 16.6. The van der Waals surface area contributed by atoms with Gasteiger partial charge in [0.25, 0.3) is 0 Å². The molecule has 0 radical (unpaired) electrons. The zero-order valence-corrected chi connectivity index (χ0v) is 16.6. The first-order valence-electron chi connectivity index (χ1n) is 8.65. The number of nitrogens with zero attached hydrogens (tertiary/aromatic N) is 3. The Balaban J connectivity index is 0.000000242. The highest BCUT2D eigenvalue weighted by Crippen LogP contribution is 2.02. The normalized spacial score (nSPS) is 14.4. The Bertz CT molecular complexity index is 679. The van der Waals surface area contributed by atoms with Gasteiger partial charge in [-0.3, -0.25) is 9.89 Å². The largest absolute Gasteiger partial charge is 0.464 e. The molecule has 0 bridgehead atoms. The highest BCUT2D eigenvalue weighted by atomic mass is 16.5. The molecule has 0 saturated carbocycles. The zero-order chi connectivity index (χ0) is 21.5. The summed E-state index contributed by atoms with van der Waals surface area (Å²) in [5.74, 6) is -1.40. The van der Waals surface area contributed by atoms with Crippen LogP contribution in [0.15, 0.2) is 5.10 Å². The third kappa shape index (κ3) is 9.62. The van der Waals surface area contributed by atoms with Crippen LogP contribution in [-0.4, -0.2) is 86.5 Å². The molecular weight excluding hydrogens is 390 g/mol. The minimum Gasteiger partial charge on any atom is -0.464 e. The van der Waals surface area contributed by atoms with Gasteiger partial charge in [0.2, 0.25) is 11.7 Å². The number of nitrogens with one attached hydrogen (secondary N) is 2. The fourth-order valence-corrected chi connectivity index (χ4v) is 1.82. The van der Waals surface area contributed by atoms with Crippen LogP contribution in [0.2, 0.25) is 0 Å². The van der Waals surface area contributed by atoms with E-state index in [1.54, 1.807) is 7.11 Å². The average Bonchev–Trinajstić information content (AvgIpc) is 3.51. The summed E-state index contributed by atoms with van der Waals surface area (Å²) in [5, 5.41) is 9.45. The predicted octanol–water partition coefficient (Wildman–Crippen LogP) is -0.551. The van der Waals surface area contributed by atoms with Crippen molar-refractivity contribution in [1.82, 2.24) is 20.6 Å². The van der Waals surface area contributed by atoms with Gasteiger partial charge in [0, 0.05) is 20.3 Å². The van der Waals surface area contributed by atoms with Crippen molar-refractivity contribution in [3.63, 3.8) is 0 Å². The molecule has 0 aromatic carbocycles. The Labute approximate surface area is 167 Å². The molecule has 0 aliphatic carbocycles. The molecule has 0 spiro atoms. The van der Waals surface area contributed by atoms with E-state index in [-0.39, 0.29) is 29.9 Å². The molecular formula is C16H25N5O8. The van der Waals surface area contributed by atoms with Crippen LogP contribution in [0.3, 0.4) is 0 Å². The van der Waals surface area contributed by atoms with Crippen LogP contribution in [-0.2, 0) is 28.5 Å². The molecule has 1 aromatic rings. The minimum absolute atomic E-state index is 0.0138. The van der Waals surface area contributed by atoms with E-state index in [9.17, 15) is 14.4 Å². The van der Waals surface area contributed by atoms with Crippen LogP contribution in [0.5, 0.6) is 6.01 Å². The quantitative estimate of drug-likeness (QED) is 0.455. The van der Waals surface area contributed by atoms with Crippen molar-refractivity contribution in [1.29, 1.82) is 0 Å². The predicted molar refractivity (Wildman–Crippen MR) is 97.4 cm³/mol. The Kier molecular flexibility index (Phi) is 11.6. The monoisotopic (exact) mass is 415 g/mol. The molecule has 3 rings (SSSR count). The van der Waals surface area contributed by atoms with Crippen LogP contribution in [0.4, 0.5) is 0 Å². The first-order chi connectivity index (χ1) is 14.0. The summed E-state index contributed by atoms with van der Waals surface area (Å²) in [7, 11) is 4.06. The number of rotatable bonds is 6. The maximum Gasteiger partial charge on any atom is 0.375 e. The molecule has 0 atom stereocenters. The Hall–Kier alpha value is -3.06. The fraction of sp³-hybridized carbons (Fsp3) is 0.625. The highest BCUT2D eigenvalue weighted by molar-refractivity contribution is 6.41. The van der Waals surface area contributed by atoms with Crippen molar-refractivity contribution in [2.24, 2.45) is 5.10 Å². The van der Waals surface area contributed by atoms with Gasteiger partial charge in [-0.05, 0) is 12.8 Å². The molecule has 1 aromatic heterocycles. The third-order valence-electron chi connectivity index (χ3n) is 3.25. The Morgan fingerprint density at radius 3 is 2.24 bits per heavy atom. The molecule has 13 nitrogen and oxygen atoms in total. The van der Waals surface area contributed by atoms with Crippen molar-refractivity contribution in [3.8, 4) is 6.01 Å². The van der Waals surface area contributed by atoms with Gasteiger partial charge >= 0.3 is 17.9 Å². The number of hydrogen-bond acceptors (Lipinski definition) is 11. The number of aromatic nitrogens is 3. The SMILES string of the molecule is C1CCOC1.COC(=O)C1=NNC(=O)C1.COCCOc1n[nH]c(C(=O)OC)n1. The van der Waals surface area contributed by atoms with Gasteiger partial charge in [0.1, 0.15) is 6.61 Å². The minimum atomic E-state index is -0.584. The van der Waals surface area contributed by atoms with Crippen molar-refractivity contribution in [3.05, 3.63) is 5.82 Å². The summed E-state index contributed by atoms with van der Waals surface area (Å²) < 4.78 is 23.5. The number of carbonyl (C=O) groups is 3. The number of aromatic amines is 1. The van der Waals surface area contributed by atoms with E-state index in [0.717, 1.165) is 13.2 Å². The summed E-state index contributed by atoms with van der Waals surface area (Å²) in [6.45, 7) is 2.76. The van der Waals surface area contributed by atoms with Gasteiger partial charge < -0.3 is 23.7 Å². The van der Waals surface area contributed by atoms with Crippen LogP contribution in [0.1, 0.15) is 29.9 Å². The average molecular weight is 415 g/mol. The molecule has 1 fully saturated rings. The molecule has 2 aliphatic heterocycles. The van der Waals surface area contributed by atoms with Crippen molar-refractivity contribution in [2.45, 2.75) is 19.3 Å². The van der Waals surface area contributed by atoms with Gasteiger partial charge in [-0.1, -0.05) is 0 Å². The van der Waals surface area contributed by atoms with E-state index >= 15 is 0 Å². The van der Waals surface area contributed by atoms with Crippen LogP contribution >= 0.6 is 0 Å². The summed E-state index contributed by atoms with van der Waals surface area (Å²) >= 11 is 0. The maximum atomic E-state index is 10.9. The van der Waals surface area contributed by atoms with E-state index in [1.165, 1.54) is 27.1 Å². The van der Waals surface area contributed by atoms with E-state index in [0.29, 0.717) is 13.2 Å². The first-order valence-corrected chi connectivity index (χ1v) is 8.65. The molecule has 1 amide bonds. The maximum absolute atomic E-state index is 10.9. The topological polar surface area (TPSA) is 163 Å².